The number of amides is 1. The van der Waals surface area contributed by atoms with E-state index < -0.39 is 6.04 Å². The van der Waals surface area contributed by atoms with Crippen molar-refractivity contribution in [2.75, 3.05) is 6.61 Å². The number of nitrogens with one attached hydrogen (secondary N) is 1. The first-order chi connectivity index (χ1) is 10.6. The maximum Gasteiger partial charge on any atom is 0.224 e. The molecule has 1 atom stereocenters. The molecule has 1 amide bonds. The largest absolute Gasteiger partial charge is 0.394 e. The van der Waals surface area contributed by atoms with E-state index in [1.807, 2.05) is 24.3 Å². The summed E-state index contributed by atoms with van der Waals surface area (Å²) in [6.07, 6.45) is 1.03. The van der Waals surface area contributed by atoms with Crippen LogP contribution in [0.5, 0.6) is 0 Å². The van der Waals surface area contributed by atoms with E-state index >= 15 is 0 Å². The van der Waals surface area contributed by atoms with Crippen LogP contribution in [-0.2, 0) is 17.6 Å². The summed E-state index contributed by atoms with van der Waals surface area (Å²) in [5.74, 6) is -0.608. The first-order valence-corrected chi connectivity index (χ1v) is 7.36. The van der Waals surface area contributed by atoms with E-state index in [9.17, 15) is 14.3 Å². The Balaban J connectivity index is 2.01. The van der Waals surface area contributed by atoms with Gasteiger partial charge in [0.15, 0.2) is 0 Å². The highest BCUT2D eigenvalue weighted by Gasteiger charge is 2.14. The lowest BCUT2D eigenvalue weighted by Gasteiger charge is -2.17. The average molecular weight is 301 g/mol. The number of aryl methyl sites for hydroxylation is 1. The molecule has 2 aromatic rings. The number of hydrogen-bond acceptors (Lipinski definition) is 2. The molecule has 1 unspecified atom stereocenters. The van der Waals surface area contributed by atoms with Crippen LogP contribution in [-0.4, -0.2) is 17.6 Å². The van der Waals surface area contributed by atoms with Gasteiger partial charge >= 0.3 is 0 Å². The van der Waals surface area contributed by atoms with Gasteiger partial charge in [-0.1, -0.05) is 43.3 Å². The van der Waals surface area contributed by atoms with E-state index in [1.54, 1.807) is 12.1 Å². The van der Waals surface area contributed by atoms with E-state index in [0.29, 0.717) is 5.56 Å². The smallest absolute Gasteiger partial charge is 0.224 e. The number of halogens is 1. The monoisotopic (exact) mass is 301 g/mol. The third kappa shape index (κ3) is 4.40. The Morgan fingerprint density at radius 1 is 1.18 bits per heavy atom. The van der Waals surface area contributed by atoms with E-state index in [-0.39, 0.29) is 24.8 Å². The van der Waals surface area contributed by atoms with Crippen LogP contribution in [0.1, 0.15) is 29.7 Å². The standard InChI is InChI=1S/C18H20FNO2/c1-2-13-6-8-15(9-7-13)17(12-21)20-18(22)11-14-4-3-5-16(19)10-14/h3-10,17,21H,2,11-12H2,1H3,(H,20,22). The number of rotatable bonds is 6. The molecule has 4 heteroatoms. The zero-order valence-corrected chi connectivity index (χ0v) is 12.6. The van der Waals surface area contributed by atoms with Crippen molar-refractivity contribution in [3.05, 3.63) is 71.0 Å². The lowest BCUT2D eigenvalue weighted by atomic mass is 10.0. The molecule has 2 aromatic carbocycles. The van der Waals surface area contributed by atoms with Gasteiger partial charge in [-0.15, -0.1) is 0 Å². The molecular formula is C18H20FNO2. The summed E-state index contributed by atoms with van der Waals surface area (Å²) in [4.78, 5) is 12.0. The van der Waals surface area contributed by atoms with Crippen LogP contribution in [0.25, 0.3) is 0 Å². The summed E-state index contributed by atoms with van der Waals surface area (Å²) >= 11 is 0. The van der Waals surface area contributed by atoms with Crippen LogP contribution in [0.3, 0.4) is 0 Å². The maximum absolute atomic E-state index is 13.1. The number of carbonyl (C=O) groups is 1. The molecule has 22 heavy (non-hydrogen) atoms. The van der Waals surface area contributed by atoms with Crippen molar-refractivity contribution >= 4 is 5.91 Å². The minimum absolute atomic E-state index is 0.0846. The minimum atomic E-state index is -0.452. The molecule has 0 aliphatic carbocycles. The van der Waals surface area contributed by atoms with Gasteiger partial charge in [0, 0.05) is 0 Å². The summed E-state index contributed by atoms with van der Waals surface area (Å²) in [6.45, 7) is 1.89. The number of carbonyl (C=O) groups excluding carboxylic acids is 1. The second kappa shape index (κ2) is 7.71. The molecule has 0 fully saturated rings. The van der Waals surface area contributed by atoms with Crippen LogP contribution < -0.4 is 5.32 Å². The quantitative estimate of drug-likeness (QED) is 0.862. The molecule has 0 saturated carbocycles. The van der Waals surface area contributed by atoms with Gasteiger partial charge in [0.25, 0.3) is 0 Å². The Labute approximate surface area is 129 Å². The molecule has 0 radical (unpaired) electrons. The molecule has 0 heterocycles. The Hall–Kier alpha value is -2.20. The third-order valence-corrected chi connectivity index (χ3v) is 3.56. The second-order valence-electron chi connectivity index (χ2n) is 5.20. The molecule has 0 aliphatic heterocycles. The highest BCUT2D eigenvalue weighted by Crippen LogP contribution is 2.14. The molecule has 0 bridgehead atoms. The third-order valence-electron chi connectivity index (χ3n) is 3.56. The molecule has 3 nitrogen and oxygen atoms in total. The van der Waals surface area contributed by atoms with Crippen molar-refractivity contribution in [3.63, 3.8) is 0 Å². The molecule has 116 valence electrons. The summed E-state index contributed by atoms with van der Waals surface area (Å²) in [5.41, 5.74) is 2.66. The fourth-order valence-electron chi connectivity index (χ4n) is 2.30. The first-order valence-electron chi connectivity index (χ1n) is 7.36. The summed E-state index contributed by atoms with van der Waals surface area (Å²) in [6, 6.07) is 13.3. The van der Waals surface area contributed by atoms with Crippen molar-refractivity contribution in [1.29, 1.82) is 0 Å². The Kier molecular flexibility index (Phi) is 5.67. The predicted molar refractivity (Wildman–Crippen MR) is 83.9 cm³/mol. The van der Waals surface area contributed by atoms with E-state index in [1.165, 1.54) is 17.7 Å². The Morgan fingerprint density at radius 3 is 2.50 bits per heavy atom. The Morgan fingerprint density at radius 2 is 1.91 bits per heavy atom. The molecule has 0 spiro atoms. The van der Waals surface area contributed by atoms with Gasteiger partial charge < -0.3 is 10.4 Å². The van der Waals surface area contributed by atoms with Crippen molar-refractivity contribution in [3.8, 4) is 0 Å². The molecular weight excluding hydrogens is 281 g/mol. The highest BCUT2D eigenvalue weighted by molar-refractivity contribution is 5.79. The van der Waals surface area contributed by atoms with Crippen molar-refractivity contribution in [2.24, 2.45) is 0 Å². The van der Waals surface area contributed by atoms with Crippen molar-refractivity contribution < 1.29 is 14.3 Å². The van der Waals surface area contributed by atoms with Gasteiger partial charge in [0.1, 0.15) is 5.82 Å². The first kappa shape index (κ1) is 16.2. The maximum atomic E-state index is 13.1. The van der Waals surface area contributed by atoms with Crippen molar-refractivity contribution in [1.82, 2.24) is 5.32 Å². The number of hydrogen-bond donors (Lipinski definition) is 2. The van der Waals surface area contributed by atoms with Gasteiger partial charge in [0.2, 0.25) is 5.91 Å². The van der Waals surface area contributed by atoms with Crippen LogP contribution in [0.15, 0.2) is 48.5 Å². The summed E-state index contributed by atoms with van der Waals surface area (Å²) in [7, 11) is 0. The normalized spacial score (nSPS) is 12.0. The van der Waals surface area contributed by atoms with Gasteiger partial charge in [-0.3, -0.25) is 4.79 Å². The van der Waals surface area contributed by atoms with Gasteiger partial charge in [0.05, 0.1) is 19.1 Å². The van der Waals surface area contributed by atoms with E-state index in [2.05, 4.69) is 12.2 Å². The topological polar surface area (TPSA) is 49.3 Å². The van der Waals surface area contributed by atoms with Crippen LogP contribution >= 0.6 is 0 Å². The lowest BCUT2D eigenvalue weighted by Crippen LogP contribution is -2.32. The minimum Gasteiger partial charge on any atom is -0.394 e. The van der Waals surface area contributed by atoms with Crippen LogP contribution in [0, 0.1) is 5.82 Å². The SMILES string of the molecule is CCc1ccc(C(CO)NC(=O)Cc2cccc(F)c2)cc1. The number of aliphatic hydroxyl groups is 1. The van der Waals surface area contributed by atoms with Crippen LogP contribution in [0.4, 0.5) is 4.39 Å². The molecule has 0 aromatic heterocycles. The molecule has 0 aliphatic rings. The van der Waals surface area contributed by atoms with Crippen molar-refractivity contribution in [2.45, 2.75) is 25.8 Å². The van der Waals surface area contributed by atoms with Crippen LogP contribution in [0.2, 0.25) is 0 Å². The summed E-state index contributed by atoms with van der Waals surface area (Å²) in [5, 5.41) is 12.3. The molecule has 0 saturated heterocycles. The van der Waals surface area contributed by atoms with Gasteiger partial charge in [-0.25, -0.2) is 4.39 Å². The molecule has 2 rings (SSSR count). The number of benzene rings is 2. The number of aliphatic hydroxyl groups excluding tert-OH is 1. The fraction of sp³-hybridized carbons (Fsp3) is 0.278. The van der Waals surface area contributed by atoms with Gasteiger partial charge in [-0.2, -0.15) is 0 Å². The lowest BCUT2D eigenvalue weighted by molar-refractivity contribution is -0.121. The summed E-state index contributed by atoms with van der Waals surface area (Å²) < 4.78 is 13.1. The fourth-order valence-corrected chi connectivity index (χ4v) is 2.30. The van der Waals surface area contributed by atoms with Gasteiger partial charge in [-0.05, 0) is 35.2 Å². The highest BCUT2D eigenvalue weighted by atomic mass is 19.1. The average Bonchev–Trinajstić information content (AvgIpc) is 2.53. The second-order valence-corrected chi connectivity index (χ2v) is 5.20. The zero-order valence-electron chi connectivity index (χ0n) is 12.6. The van der Waals surface area contributed by atoms with E-state index in [0.717, 1.165) is 12.0 Å². The predicted octanol–water partition coefficient (Wildman–Crippen LogP) is 2.78. The Bertz CT molecular complexity index is 625. The van der Waals surface area contributed by atoms with E-state index in [4.69, 9.17) is 0 Å². The molecule has 2 N–H and O–H groups in total. The zero-order chi connectivity index (χ0) is 15.9.